The van der Waals surface area contributed by atoms with Crippen molar-refractivity contribution in [2.45, 2.75) is 57.8 Å². The zero-order valence-electron chi connectivity index (χ0n) is 9.41. The molecule has 0 aromatic heterocycles. The van der Waals surface area contributed by atoms with Gasteiger partial charge in [0.1, 0.15) is 0 Å². The van der Waals surface area contributed by atoms with E-state index in [9.17, 15) is 9.90 Å². The smallest absolute Gasteiger partial charge is 0.0448 e. The summed E-state index contributed by atoms with van der Waals surface area (Å²) in [6.07, 6.45) is 11.6. The van der Waals surface area contributed by atoms with Gasteiger partial charge in [-0.1, -0.05) is 44.9 Å². The van der Waals surface area contributed by atoms with E-state index in [1.54, 1.807) is 0 Å². The van der Waals surface area contributed by atoms with Gasteiger partial charge in [0.15, 0.2) is 0 Å². The van der Waals surface area contributed by atoms with E-state index in [0.29, 0.717) is 5.92 Å². The number of carbonyl (C=O) groups is 1. The van der Waals surface area contributed by atoms with E-state index in [1.807, 2.05) is 0 Å². The van der Waals surface area contributed by atoms with E-state index < -0.39 is 5.97 Å². The molecule has 2 heteroatoms. The molecule has 15 heavy (non-hydrogen) atoms. The van der Waals surface area contributed by atoms with Gasteiger partial charge in [-0.05, 0) is 24.7 Å². The van der Waals surface area contributed by atoms with E-state index >= 15 is 0 Å². The van der Waals surface area contributed by atoms with E-state index in [-0.39, 0.29) is 5.92 Å². The maximum atomic E-state index is 10.5. The highest BCUT2D eigenvalue weighted by Crippen LogP contribution is 2.42. The third-order valence-electron chi connectivity index (χ3n) is 4.14. The summed E-state index contributed by atoms with van der Waals surface area (Å²) in [5.74, 6) is 0.478. The number of rotatable bonds is 5. The van der Waals surface area contributed by atoms with Crippen LogP contribution in [0.2, 0.25) is 0 Å². The minimum atomic E-state index is -0.822. The Morgan fingerprint density at radius 1 is 1.13 bits per heavy atom. The normalized spacial score (nSPS) is 31.5. The van der Waals surface area contributed by atoms with Crippen molar-refractivity contribution in [1.82, 2.24) is 0 Å². The van der Waals surface area contributed by atoms with Gasteiger partial charge in [-0.3, -0.25) is 0 Å². The van der Waals surface area contributed by atoms with Crippen molar-refractivity contribution in [2.24, 2.45) is 17.8 Å². The maximum absolute atomic E-state index is 10.5. The molecule has 2 rings (SSSR count). The SMILES string of the molecule is O=C([O-])C1CC1CCCC1CCCCC1. The summed E-state index contributed by atoms with van der Waals surface area (Å²) in [6, 6.07) is 0. The molecule has 2 saturated carbocycles. The van der Waals surface area contributed by atoms with Gasteiger partial charge < -0.3 is 9.90 Å². The van der Waals surface area contributed by atoms with Crippen molar-refractivity contribution in [3.63, 3.8) is 0 Å². The lowest BCUT2D eigenvalue weighted by atomic mass is 9.85. The average molecular weight is 209 g/mol. The molecular weight excluding hydrogens is 188 g/mol. The van der Waals surface area contributed by atoms with Gasteiger partial charge in [0, 0.05) is 11.9 Å². The molecule has 86 valence electrons. The van der Waals surface area contributed by atoms with Gasteiger partial charge >= 0.3 is 0 Å². The largest absolute Gasteiger partial charge is 0.550 e. The Kier molecular flexibility index (Phi) is 3.66. The minimum Gasteiger partial charge on any atom is -0.550 e. The molecule has 0 amide bonds. The molecule has 0 aromatic carbocycles. The van der Waals surface area contributed by atoms with Crippen LogP contribution in [-0.2, 0) is 4.79 Å². The second-order valence-electron chi connectivity index (χ2n) is 5.36. The van der Waals surface area contributed by atoms with Gasteiger partial charge in [-0.25, -0.2) is 0 Å². The molecule has 2 atom stereocenters. The van der Waals surface area contributed by atoms with Crippen molar-refractivity contribution in [2.75, 3.05) is 0 Å². The van der Waals surface area contributed by atoms with Crippen molar-refractivity contribution in [1.29, 1.82) is 0 Å². The summed E-state index contributed by atoms with van der Waals surface area (Å²) >= 11 is 0. The Morgan fingerprint density at radius 3 is 2.47 bits per heavy atom. The molecular formula is C13H21O2-. The number of carboxylic acids is 1. The Labute approximate surface area is 92.1 Å². The monoisotopic (exact) mass is 209 g/mol. The second-order valence-corrected chi connectivity index (χ2v) is 5.36. The first-order valence-corrected chi connectivity index (χ1v) is 6.48. The molecule has 0 spiro atoms. The van der Waals surface area contributed by atoms with Crippen LogP contribution >= 0.6 is 0 Å². The van der Waals surface area contributed by atoms with E-state index in [0.717, 1.165) is 18.8 Å². The quantitative estimate of drug-likeness (QED) is 0.696. The summed E-state index contributed by atoms with van der Waals surface area (Å²) in [4.78, 5) is 10.5. The Balaban J connectivity index is 1.54. The highest BCUT2D eigenvalue weighted by atomic mass is 16.4. The molecule has 0 saturated heterocycles. The van der Waals surface area contributed by atoms with Crippen LogP contribution in [0.5, 0.6) is 0 Å². The molecule has 2 nitrogen and oxygen atoms in total. The van der Waals surface area contributed by atoms with Gasteiger partial charge in [-0.2, -0.15) is 0 Å². The van der Waals surface area contributed by atoms with Crippen LogP contribution in [0.3, 0.4) is 0 Å². The second kappa shape index (κ2) is 5.00. The van der Waals surface area contributed by atoms with Gasteiger partial charge in [-0.15, -0.1) is 0 Å². The van der Waals surface area contributed by atoms with E-state index in [4.69, 9.17) is 0 Å². The van der Waals surface area contributed by atoms with Crippen LogP contribution < -0.4 is 5.11 Å². The fourth-order valence-electron chi connectivity index (χ4n) is 3.00. The molecule has 2 fully saturated rings. The summed E-state index contributed by atoms with van der Waals surface area (Å²) in [7, 11) is 0. The number of hydrogen-bond donors (Lipinski definition) is 0. The highest BCUT2D eigenvalue weighted by Gasteiger charge is 2.37. The van der Waals surface area contributed by atoms with E-state index in [1.165, 1.54) is 44.9 Å². The summed E-state index contributed by atoms with van der Waals surface area (Å²) < 4.78 is 0. The average Bonchev–Trinajstić information content (AvgIpc) is 2.99. The molecule has 0 N–H and O–H groups in total. The Hall–Kier alpha value is -0.530. The molecule has 0 radical (unpaired) electrons. The first-order chi connectivity index (χ1) is 7.27. The fourth-order valence-corrected chi connectivity index (χ4v) is 3.00. The number of carbonyl (C=O) groups excluding carboxylic acids is 1. The Morgan fingerprint density at radius 2 is 1.87 bits per heavy atom. The van der Waals surface area contributed by atoms with Crippen molar-refractivity contribution in [3.05, 3.63) is 0 Å². The maximum Gasteiger partial charge on any atom is 0.0448 e. The van der Waals surface area contributed by atoms with Crippen LogP contribution in [0.15, 0.2) is 0 Å². The fraction of sp³-hybridized carbons (Fsp3) is 0.923. The van der Waals surface area contributed by atoms with Crippen LogP contribution in [-0.4, -0.2) is 5.97 Å². The Bertz CT molecular complexity index is 219. The van der Waals surface area contributed by atoms with Crippen molar-refractivity contribution in [3.8, 4) is 0 Å². The standard InChI is InChI=1S/C13H22O2/c14-13(15)12-9-11(12)8-4-7-10-5-2-1-3-6-10/h10-12H,1-9H2,(H,14,15)/p-1. The van der Waals surface area contributed by atoms with Crippen LogP contribution in [0.25, 0.3) is 0 Å². The molecule has 2 aliphatic rings. The van der Waals surface area contributed by atoms with Gasteiger partial charge in [0.05, 0.1) is 0 Å². The minimum absolute atomic E-state index is 0.101. The van der Waals surface area contributed by atoms with Gasteiger partial charge in [0.2, 0.25) is 0 Å². The lowest BCUT2D eigenvalue weighted by Gasteiger charge is -2.21. The zero-order chi connectivity index (χ0) is 10.7. The van der Waals surface area contributed by atoms with Crippen LogP contribution in [0.1, 0.15) is 57.8 Å². The third-order valence-corrected chi connectivity index (χ3v) is 4.14. The molecule has 0 aliphatic heterocycles. The first kappa shape index (κ1) is 11.0. The summed E-state index contributed by atoms with van der Waals surface area (Å²) in [5.41, 5.74) is 0. The predicted octanol–water partition coefficient (Wildman–Crippen LogP) is 2.12. The lowest BCUT2D eigenvalue weighted by Crippen LogP contribution is -2.24. The molecule has 0 heterocycles. The number of carboxylic acid groups (broad SMARTS) is 1. The van der Waals surface area contributed by atoms with Crippen molar-refractivity contribution < 1.29 is 9.90 Å². The molecule has 0 bridgehead atoms. The summed E-state index contributed by atoms with van der Waals surface area (Å²) in [5, 5.41) is 10.5. The lowest BCUT2D eigenvalue weighted by molar-refractivity contribution is -0.308. The van der Waals surface area contributed by atoms with Crippen LogP contribution in [0.4, 0.5) is 0 Å². The predicted molar refractivity (Wildman–Crippen MR) is 57.0 cm³/mol. The molecule has 2 aliphatic carbocycles. The third kappa shape index (κ3) is 3.22. The van der Waals surface area contributed by atoms with Crippen LogP contribution in [0, 0.1) is 17.8 Å². The number of hydrogen-bond acceptors (Lipinski definition) is 2. The number of aliphatic carboxylic acids is 1. The van der Waals surface area contributed by atoms with Crippen molar-refractivity contribution >= 4 is 5.97 Å². The molecule has 2 unspecified atom stereocenters. The first-order valence-electron chi connectivity index (χ1n) is 6.48. The molecule has 0 aromatic rings. The highest BCUT2D eigenvalue weighted by molar-refractivity contribution is 5.71. The van der Waals surface area contributed by atoms with Gasteiger partial charge in [0.25, 0.3) is 0 Å². The summed E-state index contributed by atoms with van der Waals surface area (Å²) in [6.45, 7) is 0. The zero-order valence-corrected chi connectivity index (χ0v) is 9.41. The topological polar surface area (TPSA) is 40.1 Å². The van der Waals surface area contributed by atoms with E-state index in [2.05, 4.69) is 0 Å².